The Bertz CT molecular complexity index is 332. The normalized spacial score (nSPS) is 9.77. The number of amides is 2. The average molecular weight is 198 g/mol. The molecule has 2 amide bonds. The fourth-order valence-corrected chi connectivity index (χ4v) is 1.82. The lowest BCUT2D eigenvalue weighted by Crippen LogP contribution is -2.32. The predicted molar refractivity (Wildman–Crippen MR) is 50.7 cm³/mol. The second-order valence-electron chi connectivity index (χ2n) is 2.64. The van der Waals surface area contributed by atoms with Crippen molar-refractivity contribution in [2.24, 2.45) is 0 Å². The Morgan fingerprint density at radius 1 is 1.38 bits per heavy atom. The predicted octanol–water partition coefficient (Wildman–Crippen LogP) is 1.35. The SMILES string of the molecule is CC(=O)N(C(C)=O)c1nc(C)cs1. The largest absolute Gasteiger partial charge is 0.274 e. The first-order chi connectivity index (χ1) is 6.02. The number of hydrogen-bond donors (Lipinski definition) is 0. The molecular formula is C8H10N2O2S. The molecule has 0 unspecified atom stereocenters. The van der Waals surface area contributed by atoms with E-state index in [1.165, 1.54) is 25.2 Å². The molecule has 0 aliphatic carbocycles. The van der Waals surface area contributed by atoms with Gasteiger partial charge in [0.05, 0.1) is 5.69 Å². The number of nitrogens with zero attached hydrogens (tertiary/aromatic N) is 2. The summed E-state index contributed by atoms with van der Waals surface area (Å²) in [5, 5.41) is 2.24. The van der Waals surface area contributed by atoms with Gasteiger partial charge in [-0.05, 0) is 6.92 Å². The van der Waals surface area contributed by atoms with Crippen LogP contribution in [0.1, 0.15) is 19.5 Å². The Balaban J connectivity index is 3.02. The van der Waals surface area contributed by atoms with Crippen molar-refractivity contribution in [1.29, 1.82) is 0 Å². The number of hydrogen-bond acceptors (Lipinski definition) is 4. The number of rotatable bonds is 1. The van der Waals surface area contributed by atoms with E-state index < -0.39 is 0 Å². The van der Waals surface area contributed by atoms with Gasteiger partial charge in [-0.2, -0.15) is 0 Å². The van der Waals surface area contributed by atoms with Crippen molar-refractivity contribution in [1.82, 2.24) is 4.98 Å². The highest BCUT2D eigenvalue weighted by Gasteiger charge is 2.18. The van der Waals surface area contributed by atoms with Gasteiger partial charge in [-0.15, -0.1) is 11.3 Å². The zero-order valence-corrected chi connectivity index (χ0v) is 8.51. The highest BCUT2D eigenvalue weighted by Crippen LogP contribution is 2.20. The van der Waals surface area contributed by atoms with E-state index in [-0.39, 0.29) is 11.8 Å². The van der Waals surface area contributed by atoms with E-state index in [9.17, 15) is 9.59 Å². The van der Waals surface area contributed by atoms with Crippen LogP contribution in [-0.4, -0.2) is 16.8 Å². The molecule has 1 rings (SSSR count). The van der Waals surface area contributed by atoms with Gasteiger partial charge in [0.1, 0.15) is 0 Å². The van der Waals surface area contributed by atoms with E-state index in [0.717, 1.165) is 10.6 Å². The molecule has 0 aromatic carbocycles. The van der Waals surface area contributed by atoms with Crippen LogP contribution in [0.25, 0.3) is 0 Å². The van der Waals surface area contributed by atoms with Crippen LogP contribution in [0.4, 0.5) is 5.13 Å². The number of imide groups is 1. The summed E-state index contributed by atoms with van der Waals surface area (Å²) < 4.78 is 0. The molecule has 70 valence electrons. The van der Waals surface area contributed by atoms with Crippen molar-refractivity contribution < 1.29 is 9.59 Å². The lowest BCUT2D eigenvalue weighted by Gasteiger charge is -2.12. The topological polar surface area (TPSA) is 50.3 Å². The van der Waals surface area contributed by atoms with Crippen molar-refractivity contribution >= 4 is 28.3 Å². The third-order valence-electron chi connectivity index (χ3n) is 1.43. The molecule has 0 radical (unpaired) electrons. The summed E-state index contributed by atoms with van der Waals surface area (Å²) in [5.74, 6) is -0.608. The monoisotopic (exact) mass is 198 g/mol. The third kappa shape index (κ3) is 2.12. The molecule has 1 aromatic heterocycles. The molecule has 0 bridgehead atoms. The second kappa shape index (κ2) is 3.66. The molecule has 4 nitrogen and oxygen atoms in total. The zero-order valence-electron chi connectivity index (χ0n) is 7.70. The maximum atomic E-state index is 11.1. The highest BCUT2D eigenvalue weighted by molar-refractivity contribution is 7.14. The molecule has 0 aliphatic heterocycles. The lowest BCUT2D eigenvalue weighted by molar-refractivity contribution is -0.124. The molecule has 5 heteroatoms. The fourth-order valence-electron chi connectivity index (χ4n) is 0.935. The molecule has 0 N–H and O–H groups in total. The molecule has 0 aliphatic rings. The minimum Gasteiger partial charge on any atom is -0.274 e. The van der Waals surface area contributed by atoms with Crippen LogP contribution in [0.5, 0.6) is 0 Å². The third-order valence-corrected chi connectivity index (χ3v) is 2.37. The number of aromatic nitrogens is 1. The molecule has 0 saturated heterocycles. The molecule has 0 saturated carbocycles. The minimum atomic E-state index is -0.304. The van der Waals surface area contributed by atoms with Crippen molar-refractivity contribution in [3.05, 3.63) is 11.1 Å². The van der Waals surface area contributed by atoms with Crippen molar-refractivity contribution in [2.45, 2.75) is 20.8 Å². The van der Waals surface area contributed by atoms with Crippen molar-refractivity contribution in [3.8, 4) is 0 Å². The zero-order chi connectivity index (χ0) is 10.0. The Morgan fingerprint density at radius 3 is 2.23 bits per heavy atom. The first kappa shape index (κ1) is 9.85. The summed E-state index contributed by atoms with van der Waals surface area (Å²) in [6.07, 6.45) is 0. The average Bonchev–Trinajstić information content (AvgIpc) is 2.34. The van der Waals surface area contributed by atoms with Crippen LogP contribution >= 0.6 is 11.3 Å². The smallest absolute Gasteiger partial charge is 0.232 e. The summed E-state index contributed by atoms with van der Waals surface area (Å²) in [6, 6.07) is 0. The number of anilines is 1. The van der Waals surface area contributed by atoms with Gasteiger partial charge < -0.3 is 0 Å². The molecule has 0 atom stereocenters. The quantitative estimate of drug-likeness (QED) is 0.684. The van der Waals surface area contributed by atoms with Gasteiger partial charge >= 0.3 is 0 Å². The molecule has 0 spiro atoms. The number of carbonyl (C=O) groups is 2. The van der Waals surface area contributed by atoms with E-state index in [1.807, 2.05) is 6.92 Å². The molecule has 0 fully saturated rings. The maximum absolute atomic E-state index is 11.1. The Hall–Kier alpha value is -1.23. The van der Waals surface area contributed by atoms with E-state index in [0.29, 0.717) is 5.13 Å². The maximum Gasteiger partial charge on any atom is 0.232 e. The van der Waals surface area contributed by atoms with E-state index >= 15 is 0 Å². The lowest BCUT2D eigenvalue weighted by atomic mass is 10.5. The van der Waals surface area contributed by atoms with Crippen molar-refractivity contribution in [2.75, 3.05) is 4.90 Å². The van der Waals surface area contributed by atoms with Crippen molar-refractivity contribution in [3.63, 3.8) is 0 Å². The van der Waals surface area contributed by atoms with E-state index in [1.54, 1.807) is 5.38 Å². The van der Waals surface area contributed by atoms with Crippen LogP contribution in [-0.2, 0) is 9.59 Å². The van der Waals surface area contributed by atoms with E-state index in [4.69, 9.17) is 0 Å². The number of thiazole rings is 1. The first-order valence-electron chi connectivity index (χ1n) is 3.75. The summed E-state index contributed by atoms with van der Waals surface area (Å²) in [5.41, 5.74) is 0.813. The fraction of sp³-hybridized carbons (Fsp3) is 0.375. The van der Waals surface area contributed by atoms with Gasteiger partial charge in [0, 0.05) is 19.2 Å². The molecule has 13 heavy (non-hydrogen) atoms. The van der Waals surface area contributed by atoms with Crippen LogP contribution in [0.3, 0.4) is 0 Å². The van der Waals surface area contributed by atoms with Crippen LogP contribution in [0.15, 0.2) is 5.38 Å². The highest BCUT2D eigenvalue weighted by atomic mass is 32.1. The Kier molecular flexibility index (Phi) is 2.77. The van der Waals surface area contributed by atoms with E-state index in [2.05, 4.69) is 4.98 Å². The molecule has 1 heterocycles. The van der Waals surface area contributed by atoms with Crippen LogP contribution in [0.2, 0.25) is 0 Å². The summed E-state index contributed by atoms with van der Waals surface area (Å²) in [4.78, 5) is 27.3. The van der Waals surface area contributed by atoms with Gasteiger partial charge in [-0.25, -0.2) is 9.88 Å². The van der Waals surface area contributed by atoms with Gasteiger partial charge in [0.25, 0.3) is 0 Å². The van der Waals surface area contributed by atoms with Gasteiger partial charge in [-0.1, -0.05) is 0 Å². The van der Waals surface area contributed by atoms with Crippen LogP contribution < -0.4 is 4.90 Å². The molecular weight excluding hydrogens is 188 g/mol. The molecule has 1 aromatic rings. The Labute approximate surface area is 80.2 Å². The first-order valence-corrected chi connectivity index (χ1v) is 4.63. The minimum absolute atomic E-state index is 0.304. The number of aryl methyl sites for hydroxylation is 1. The summed E-state index contributed by atoms with van der Waals surface area (Å²) in [7, 11) is 0. The van der Waals surface area contributed by atoms with Gasteiger partial charge in [-0.3, -0.25) is 9.59 Å². The standard InChI is InChI=1S/C8H10N2O2S/c1-5-4-13-8(9-5)10(6(2)11)7(3)12/h4H,1-3H3. The summed E-state index contributed by atoms with van der Waals surface area (Å²) >= 11 is 1.29. The van der Waals surface area contributed by atoms with Gasteiger partial charge in [0.2, 0.25) is 11.8 Å². The van der Waals surface area contributed by atoms with Crippen LogP contribution in [0, 0.1) is 6.92 Å². The second-order valence-corrected chi connectivity index (χ2v) is 3.48. The van der Waals surface area contributed by atoms with Gasteiger partial charge in [0.15, 0.2) is 5.13 Å². The number of carbonyl (C=O) groups excluding carboxylic acids is 2. The summed E-state index contributed by atoms with van der Waals surface area (Å²) in [6.45, 7) is 4.51. The Morgan fingerprint density at radius 2 is 1.92 bits per heavy atom.